The molecule has 0 saturated carbocycles. The van der Waals surface area contributed by atoms with E-state index in [-0.39, 0.29) is 42.8 Å². The molecule has 4 atom stereocenters. The molecule has 212 valence electrons. The highest BCUT2D eigenvalue weighted by Crippen LogP contribution is 2.23. The molecule has 2 N–H and O–H groups in total. The highest BCUT2D eigenvalue weighted by atomic mass is 32.2. The van der Waals surface area contributed by atoms with Crippen LogP contribution in [0.25, 0.3) is 0 Å². The second-order valence-electron chi connectivity index (χ2n) is 9.70. The second-order valence-corrected chi connectivity index (χ2v) is 11.6. The van der Waals surface area contributed by atoms with Crippen LogP contribution in [-0.4, -0.2) is 75.6 Å². The summed E-state index contributed by atoms with van der Waals surface area (Å²) in [6.07, 6.45) is -0.678. The van der Waals surface area contributed by atoms with Gasteiger partial charge in [0, 0.05) is 25.9 Å². The second kappa shape index (κ2) is 14.8. The van der Waals surface area contributed by atoms with Crippen LogP contribution in [0.4, 0.5) is 4.79 Å². The van der Waals surface area contributed by atoms with Gasteiger partial charge < -0.3 is 24.6 Å². The van der Waals surface area contributed by atoms with E-state index in [2.05, 4.69) is 11.4 Å². The normalized spacial score (nSPS) is 17.7. The minimum Gasteiger partial charge on any atom is -0.497 e. The number of carbonyl (C=O) groups excluding carboxylic acids is 1. The molecule has 0 radical (unpaired) electrons. The molecular weight excluding hydrogens is 522 g/mol. The average Bonchev–Trinajstić information content (AvgIpc) is 3.44. The lowest BCUT2D eigenvalue weighted by Crippen LogP contribution is -2.51. The quantitative estimate of drug-likeness (QED) is 0.360. The number of amides is 1. The van der Waals surface area contributed by atoms with E-state index < -0.39 is 28.3 Å². The van der Waals surface area contributed by atoms with Crippen LogP contribution in [0.2, 0.25) is 0 Å². The number of hydrogen-bond donors (Lipinski definition) is 2. The number of alkyl carbamates (subject to hydrolysis) is 1. The SMILES string of the molecule is COc1ccc(S(=O)(=O)N(CC(C)CCC#N)CC(O)[C@H](Cc2ccccc2)NC(=O)OC2CCOC2)cc1. The molecule has 0 spiro atoms. The van der Waals surface area contributed by atoms with Gasteiger partial charge in [-0.3, -0.25) is 0 Å². The lowest BCUT2D eigenvalue weighted by Gasteiger charge is -2.31. The Bertz CT molecular complexity index is 1180. The fourth-order valence-corrected chi connectivity index (χ4v) is 5.93. The van der Waals surface area contributed by atoms with Crippen molar-refractivity contribution in [3.63, 3.8) is 0 Å². The molecule has 3 rings (SSSR count). The number of sulfonamides is 1. The fourth-order valence-electron chi connectivity index (χ4n) is 4.35. The predicted molar refractivity (Wildman–Crippen MR) is 145 cm³/mol. The third-order valence-corrected chi connectivity index (χ3v) is 8.43. The van der Waals surface area contributed by atoms with E-state index in [0.29, 0.717) is 31.8 Å². The van der Waals surface area contributed by atoms with Crippen LogP contribution in [0.1, 0.15) is 31.7 Å². The van der Waals surface area contributed by atoms with Gasteiger partial charge in [-0.05, 0) is 48.6 Å². The van der Waals surface area contributed by atoms with Crippen LogP contribution in [-0.2, 0) is 25.9 Å². The monoisotopic (exact) mass is 559 g/mol. The molecule has 1 heterocycles. The number of rotatable bonds is 14. The zero-order valence-corrected chi connectivity index (χ0v) is 23.2. The molecule has 39 heavy (non-hydrogen) atoms. The van der Waals surface area contributed by atoms with Crippen LogP contribution in [0.5, 0.6) is 5.75 Å². The molecular formula is C28H37N3O7S. The van der Waals surface area contributed by atoms with Gasteiger partial charge in [-0.25, -0.2) is 13.2 Å². The van der Waals surface area contributed by atoms with Crippen molar-refractivity contribution in [1.29, 1.82) is 5.26 Å². The van der Waals surface area contributed by atoms with Crippen LogP contribution < -0.4 is 10.1 Å². The van der Waals surface area contributed by atoms with Gasteiger partial charge in [-0.1, -0.05) is 37.3 Å². The highest BCUT2D eigenvalue weighted by Gasteiger charge is 2.32. The number of nitrogens with one attached hydrogen (secondary N) is 1. The standard InChI is InChI=1S/C28H37N3O7S/c1-21(7-6-15-29)18-31(39(34,35)25-12-10-23(36-2)11-13-25)19-27(32)26(17-22-8-4-3-5-9-22)30-28(33)38-24-14-16-37-20-24/h3-5,8-13,21,24,26-27,32H,6-7,14,16-20H2,1-2H3,(H,30,33)/t21?,24?,26-,27?/m0/s1. The summed E-state index contributed by atoms with van der Waals surface area (Å²) in [7, 11) is -2.53. The van der Waals surface area contributed by atoms with E-state index in [9.17, 15) is 18.3 Å². The zero-order chi connectivity index (χ0) is 28.3. The fraction of sp³-hybridized carbons (Fsp3) is 0.500. The average molecular weight is 560 g/mol. The maximum atomic E-state index is 13.7. The Hall–Kier alpha value is -3.17. The third kappa shape index (κ3) is 9.21. The first-order chi connectivity index (χ1) is 18.7. The molecule has 1 fully saturated rings. The van der Waals surface area contributed by atoms with E-state index in [0.717, 1.165) is 5.56 Å². The summed E-state index contributed by atoms with van der Waals surface area (Å²) >= 11 is 0. The summed E-state index contributed by atoms with van der Waals surface area (Å²) < 4.78 is 44.5. The van der Waals surface area contributed by atoms with Crippen molar-refractivity contribution in [2.24, 2.45) is 5.92 Å². The van der Waals surface area contributed by atoms with Crippen molar-refractivity contribution in [2.45, 2.75) is 55.8 Å². The van der Waals surface area contributed by atoms with Crippen molar-refractivity contribution in [1.82, 2.24) is 9.62 Å². The Morgan fingerprint density at radius 1 is 1.21 bits per heavy atom. The molecule has 10 nitrogen and oxygen atoms in total. The number of nitrogens with zero attached hydrogens (tertiary/aromatic N) is 2. The molecule has 0 aromatic heterocycles. The van der Waals surface area contributed by atoms with Crippen LogP contribution in [0.15, 0.2) is 59.5 Å². The Labute approximate surface area is 230 Å². The number of nitriles is 1. The Balaban J connectivity index is 1.83. The molecule has 2 aromatic carbocycles. The van der Waals surface area contributed by atoms with E-state index in [4.69, 9.17) is 19.5 Å². The van der Waals surface area contributed by atoms with Gasteiger partial charge in [0.25, 0.3) is 0 Å². The van der Waals surface area contributed by atoms with Gasteiger partial charge >= 0.3 is 6.09 Å². The van der Waals surface area contributed by atoms with Gasteiger partial charge in [0.2, 0.25) is 10.0 Å². The summed E-state index contributed by atoms with van der Waals surface area (Å²) in [4.78, 5) is 12.7. The minimum absolute atomic E-state index is 0.0520. The van der Waals surface area contributed by atoms with Crippen LogP contribution in [0.3, 0.4) is 0 Å². The number of aliphatic hydroxyl groups is 1. The lowest BCUT2D eigenvalue weighted by molar-refractivity contribution is 0.0642. The van der Waals surface area contributed by atoms with Gasteiger partial charge in [-0.2, -0.15) is 9.57 Å². The number of ether oxygens (including phenoxy) is 3. The minimum atomic E-state index is -4.02. The topological polar surface area (TPSA) is 138 Å². The summed E-state index contributed by atoms with van der Waals surface area (Å²) in [5.41, 5.74) is 0.859. The van der Waals surface area contributed by atoms with E-state index >= 15 is 0 Å². The first kappa shape index (κ1) is 30.4. The number of methoxy groups -OCH3 is 1. The van der Waals surface area contributed by atoms with Crippen molar-refractivity contribution in [2.75, 3.05) is 33.4 Å². The molecule has 1 aliphatic heterocycles. The smallest absolute Gasteiger partial charge is 0.407 e. The van der Waals surface area contributed by atoms with E-state index in [1.54, 1.807) is 12.1 Å². The predicted octanol–water partition coefficient (Wildman–Crippen LogP) is 3.11. The zero-order valence-electron chi connectivity index (χ0n) is 22.4. The summed E-state index contributed by atoms with van der Waals surface area (Å²) in [5.74, 6) is 0.374. The number of carbonyl (C=O) groups is 1. The van der Waals surface area contributed by atoms with E-state index in [1.807, 2.05) is 37.3 Å². The first-order valence-corrected chi connectivity index (χ1v) is 14.4. The number of benzene rings is 2. The third-order valence-electron chi connectivity index (χ3n) is 6.58. The van der Waals surface area contributed by atoms with Gasteiger partial charge in [0.1, 0.15) is 11.9 Å². The van der Waals surface area contributed by atoms with Crippen LogP contribution in [0, 0.1) is 17.2 Å². The molecule has 0 aliphatic carbocycles. The summed E-state index contributed by atoms with van der Waals surface area (Å²) in [6, 6.07) is 16.6. The van der Waals surface area contributed by atoms with Gasteiger partial charge in [-0.15, -0.1) is 0 Å². The molecule has 1 amide bonds. The summed E-state index contributed by atoms with van der Waals surface area (Å²) in [6.45, 7) is 2.51. The molecule has 11 heteroatoms. The van der Waals surface area contributed by atoms with Gasteiger partial charge in [0.15, 0.2) is 0 Å². The molecule has 2 aromatic rings. The van der Waals surface area contributed by atoms with Crippen molar-refractivity contribution in [3.8, 4) is 11.8 Å². The Morgan fingerprint density at radius 3 is 2.54 bits per heavy atom. The largest absolute Gasteiger partial charge is 0.497 e. The molecule has 1 aliphatic rings. The van der Waals surface area contributed by atoms with Crippen molar-refractivity contribution in [3.05, 3.63) is 60.2 Å². The maximum Gasteiger partial charge on any atom is 0.407 e. The maximum absolute atomic E-state index is 13.7. The summed E-state index contributed by atoms with van der Waals surface area (Å²) in [5, 5.41) is 23.1. The lowest BCUT2D eigenvalue weighted by atomic mass is 10.0. The highest BCUT2D eigenvalue weighted by molar-refractivity contribution is 7.89. The molecule has 0 bridgehead atoms. The molecule has 3 unspecified atom stereocenters. The van der Waals surface area contributed by atoms with Crippen LogP contribution >= 0.6 is 0 Å². The Morgan fingerprint density at radius 2 is 1.92 bits per heavy atom. The molecule has 1 saturated heterocycles. The first-order valence-electron chi connectivity index (χ1n) is 13.0. The van der Waals surface area contributed by atoms with Gasteiger partial charge in [0.05, 0.1) is 43.4 Å². The number of aliphatic hydroxyl groups excluding tert-OH is 1. The number of hydrogen-bond acceptors (Lipinski definition) is 8. The Kier molecular flexibility index (Phi) is 11.6. The van der Waals surface area contributed by atoms with E-state index in [1.165, 1.54) is 23.5 Å². The van der Waals surface area contributed by atoms with Crippen molar-refractivity contribution < 1.29 is 32.5 Å². The van der Waals surface area contributed by atoms with Crippen molar-refractivity contribution >= 4 is 16.1 Å².